The highest BCUT2D eigenvalue weighted by Crippen LogP contribution is 2.41. The molecule has 2 saturated carbocycles. The summed E-state index contributed by atoms with van der Waals surface area (Å²) in [6, 6.07) is 0. The highest BCUT2D eigenvalue weighted by Gasteiger charge is 2.52. The molecule has 2 rings (SSSR count). The second-order valence-corrected chi connectivity index (χ2v) is 5.09. The van der Waals surface area contributed by atoms with E-state index in [9.17, 15) is 19.2 Å². The molecule has 0 bridgehead atoms. The van der Waals surface area contributed by atoms with Gasteiger partial charge in [-0.2, -0.15) is 0 Å². The molecule has 0 unspecified atom stereocenters. The fourth-order valence-electron chi connectivity index (χ4n) is 2.10. The third-order valence-corrected chi connectivity index (χ3v) is 4.05. The lowest BCUT2D eigenvalue weighted by Crippen LogP contribution is -2.44. The monoisotopic (exact) mass is 288 g/mol. The summed E-state index contributed by atoms with van der Waals surface area (Å²) < 4.78 is 0. The van der Waals surface area contributed by atoms with Crippen molar-refractivity contribution in [2.24, 2.45) is 10.8 Å². The van der Waals surface area contributed by atoms with Crippen LogP contribution in [0.15, 0.2) is 0 Å². The van der Waals surface area contributed by atoms with Crippen LogP contribution in [0.4, 0.5) is 0 Å². The van der Waals surface area contributed by atoms with Gasteiger partial charge in [0.2, 0.25) is 0 Å². The summed E-state index contributed by atoms with van der Waals surface area (Å²) in [7, 11) is 0. The molecule has 0 radical (unpaired) electrons. The van der Waals surface area contributed by atoms with E-state index >= 15 is 0 Å². The molecule has 0 aliphatic heterocycles. The highest BCUT2D eigenvalue weighted by atomic mass is 16.4. The first kappa shape index (κ1) is 15.9. The van der Waals surface area contributed by atoms with Crippen molar-refractivity contribution in [1.82, 2.24) is 0 Å². The molecule has 2 aliphatic carbocycles. The van der Waals surface area contributed by atoms with E-state index in [1.54, 1.807) is 0 Å². The molecule has 0 atom stereocenters. The molecule has 2 aliphatic rings. The van der Waals surface area contributed by atoms with E-state index in [0.717, 1.165) is 0 Å². The standard InChI is InChI=1S/2C6H8O4/c2*7-4(8)6(5(9)10)2-1-3-6/h2*1-3H2,(H,7,8)(H,9,10). The van der Waals surface area contributed by atoms with Gasteiger partial charge in [-0.3, -0.25) is 19.2 Å². The number of hydrogen-bond donors (Lipinski definition) is 4. The maximum Gasteiger partial charge on any atom is 0.321 e. The number of carboxylic acid groups (broad SMARTS) is 4. The summed E-state index contributed by atoms with van der Waals surface area (Å²) in [5, 5.41) is 33.9. The van der Waals surface area contributed by atoms with Gasteiger partial charge in [0.05, 0.1) is 0 Å². The highest BCUT2D eigenvalue weighted by molar-refractivity contribution is 5.99. The Hall–Kier alpha value is -2.12. The predicted octanol–water partition coefficient (Wildman–Crippen LogP) is 0.652. The topological polar surface area (TPSA) is 149 Å². The molecule has 0 spiro atoms. The van der Waals surface area contributed by atoms with E-state index in [1.165, 1.54) is 0 Å². The van der Waals surface area contributed by atoms with E-state index in [4.69, 9.17) is 20.4 Å². The lowest BCUT2D eigenvalue weighted by atomic mass is 9.69. The largest absolute Gasteiger partial charge is 0.480 e. The van der Waals surface area contributed by atoms with Gasteiger partial charge in [-0.1, -0.05) is 0 Å². The molecular formula is C12H16O8. The van der Waals surface area contributed by atoms with Crippen LogP contribution in [0.3, 0.4) is 0 Å². The van der Waals surface area contributed by atoms with Gasteiger partial charge in [-0.25, -0.2) is 0 Å². The third kappa shape index (κ3) is 2.45. The van der Waals surface area contributed by atoms with E-state index in [1.807, 2.05) is 0 Å². The average molecular weight is 288 g/mol. The van der Waals surface area contributed by atoms with Crippen molar-refractivity contribution in [3.05, 3.63) is 0 Å². The van der Waals surface area contributed by atoms with E-state index < -0.39 is 34.7 Å². The molecule has 8 heteroatoms. The smallest absolute Gasteiger partial charge is 0.321 e. The molecule has 0 aromatic carbocycles. The van der Waals surface area contributed by atoms with Crippen LogP contribution in [0.1, 0.15) is 38.5 Å². The molecule has 0 aromatic heterocycles. The third-order valence-electron chi connectivity index (χ3n) is 4.05. The minimum absolute atomic E-state index is 0.275. The molecule has 0 heterocycles. The zero-order valence-corrected chi connectivity index (χ0v) is 10.7. The molecule has 112 valence electrons. The number of carboxylic acids is 4. The number of hydrogen-bond acceptors (Lipinski definition) is 4. The van der Waals surface area contributed by atoms with Crippen LogP contribution in [0.5, 0.6) is 0 Å². The van der Waals surface area contributed by atoms with E-state index in [-0.39, 0.29) is 25.7 Å². The minimum atomic E-state index is -1.44. The lowest BCUT2D eigenvalue weighted by Gasteiger charge is -2.32. The number of aliphatic carboxylic acids is 4. The van der Waals surface area contributed by atoms with Crippen LogP contribution in [-0.2, 0) is 19.2 Å². The number of carbonyl (C=O) groups is 4. The van der Waals surface area contributed by atoms with Gasteiger partial charge in [0.25, 0.3) is 0 Å². The average Bonchev–Trinajstić information content (AvgIpc) is 2.10. The maximum atomic E-state index is 10.4. The summed E-state index contributed by atoms with van der Waals surface area (Å²) in [5.41, 5.74) is -2.89. The van der Waals surface area contributed by atoms with Gasteiger partial charge >= 0.3 is 23.9 Å². The lowest BCUT2D eigenvalue weighted by molar-refractivity contribution is -0.173. The summed E-state index contributed by atoms with van der Waals surface area (Å²) in [5.74, 6) is -4.81. The molecule has 2 fully saturated rings. The van der Waals surface area contributed by atoms with Crippen molar-refractivity contribution in [2.45, 2.75) is 38.5 Å². The number of rotatable bonds is 4. The summed E-state index contributed by atoms with van der Waals surface area (Å²) in [4.78, 5) is 41.5. The summed E-state index contributed by atoms with van der Waals surface area (Å²) >= 11 is 0. The van der Waals surface area contributed by atoms with Crippen LogP contribution in [0.2, 0.25) is 0 Å². The zero-order chi connectivity index (χ0) is 15.6. The van der Waals surface area contributed by atoms with Crippen molar-refractivity contribution in [1.29, 1.82) is 0 Å². The fraction of sp³-hybridized carbons (Fsp3) is 0.667. The van der Waals surface area contributed by atoms with Gasteiger partial charge in [-0.15, -0.1) is 0 Å². The van der Waals surface area contributed by atoms with Crippen molar-refractivity contribution < 1.29 is 39.6 Å². The Morgan fingerprint density at radius 1 is 0.550 bits per heavy atom. The maximum absolute atomic E-state index is 10.4. The Bertz CT molecular complexity index is 370. The Labute approximate surface area is 114 Å². The SMILES string of the molecule is O=C(O)C1(C(=O)O)CCC1.O=C(O)C1(C(=O)O)CCC1. The summed E-state index contributed by atoms with van der Waals surface area (Å²) in [6.07, 6.45) is 2.52. The Kier molecular flexibility index (Phi) is 4.36. The first-order valence-electron chi connectivity index (χ1n) is 6.13. The molecule has 8 nitrogen and oxygen atoms in total. The van der Waals surface area contributed by atoms with E-state index in [0.29, 0.717) is 12.8 Å². The van der Waals surface area contributed by atoms with Gasteiger partial charge in [0.1, 0.15) is 0 Å². The minimum Gasteiger partial charge on any atom is -0.480 e. The molecule has 20 heavy (non-hydrogen) atoms. The summed E-state index contributed by atoms with van der Waals surface area (Å²) in [6.45, 7) is 0. The van der Waals surface area contributed by atoms with Gasteiger partial charge in [-0.05, 0) is 38.5 Å². The van der Waals surface area contributed by atoms with Crippen molar-refractivity contribution in [3.8, 4) is 0 Å². The molecule has 4 N–H and O–H groups in total. The van der Waals surface area contributed by atoms with Gasteiger partial charge in [0.15, 0.2) is 10.8 Å². The van der Waals surface area contributed by atoms with Crippen molar-refractivity contribution >= 4 is 23.9 Å². The molecule has 0 amide bonds. The van der Waals surface area contributed by atoms with Crippen LogP contribution in [0.25, 0.3) is 0 Å². The Morgan fingerprint density at radius 3 is 0.750 bits per heavy atom. The first-order chi connectivity index (χ1) is 9.19. The van der Waals surface area contributed by atoms with Crippen LogP contribution in [-0.4, -0.2) is 44.3 Å². The second kappa shape index (κ2) is 5.48. The van der Waals surface area contributed by atoms with Crippen LogP contribution in [0, 0.1) is 10.8 Å². The Morgan fingerprint density at radius 2 is 0.750 bits per heavy atom. The predicted molar refractivity (Wildman–Crippen MR) is 63.1 cm³/mol. The molecular weight excluding hydrogens is 272 g/mol. The first-order valence-corrected chi connectivity index (χ1v) is 6.13. The quantitative estimate of drug-likeness (QED) is 0.551. The normalized spacial score (nSPS) is 21.2. The van der Waals surface area contributed by atoms with Crippen molar-refractivity contribution in [3.63, 3.8) is 0 Å². The molecule has 0 aromatic rings. The van der Waals surface area contributed by atoms with Gasteiger partial charge in [0, 0.05) is 0 Å². The fourth-order valence-corrected chi connectivity index (χ4v) is 2.10. The van der Waals surface area contributed by atoms with Crippen LogP contribution < -0.4 is 0 Å². The Balaban J connectivity index is 0.000000200. The second-order valence-electron chi connectivity index (χ2n) is 5.09. The van der Waals surface area contributed by atoms with Crippen molar-refractivity contribution in [2.75, 3.05) is 0 Å². The molecule has 0 saturated heterocycles. The zero-order valence-electron chi connectivity index (χ0n) is 10.7. The van der Waals surface area contributed by atoms with Crippen LogP contribution >= 0.6 is 0 Å². The van der Waals surface area contributed by atoms with E-state index in [2.05, 4.69) is 0 Å². The van der Waals surface area contributed by atoms with Gasteiger partial charge < -0.3 is 20.4 Å².